The standard InChI is InChI=1S/C16H23NO2/c1-15(2,3)17-8-6-16(7-9-17)11-19-14-10-12(18)4-5-13(14)16/h4-5,10,18H,6-9,11H2,1-3H3. The largest absolute Gasteiger partial charge is 0.508 e. The van der Waals surface area contributed by atoms with E-state index in [4.69, 9.17) is 4.74 Å². The first-order valence-corrected chi connectivity index (χ1v) is 7.12. The minimum absolute atomic E-state index is 0.171. The van der Waals surface area contributed by atoms with Gasteiger partial charge in [0.1, 0.15) is 11.5 Å². The maximum atomic E-state index is 9.54. The van der Waals surface area contributed by atoms with Crippen molar-refractivity contribution in [2.45, 2.75) is 44.6 Å². The zero-order valence-corrected chi connectivity index (χ0v) is 12.1. The topological polar surface area (TPSA) is 32.7 Å². The van der Waals surface area contributed by atoms with Gasteiger partial charge in [0.05, 0.1) is 6.61 Å². The van der Waals surface area contributed by atoms with Crippen molar-refractivity contribution in [1.82, 2.24) is 4.90 Å². The van der Waals surface area contributed by atoms with Crippen molar-refractivity contribution < 1.29 is 9.84 Å². The predicted molar refractivity (Wildman–Crippen MR) is 75.8 cm³/mol. The third kappa shape index (κ3) is 2.10. The first kappa shape index (κ1) is 12.8. The highest BCUT2D eigenvalue weighted by atomic mass is 16.5. The molecule has 0 amide bonds. The van der Waals surface area contributed by atoms with Crippen LogP contribution < -0.4 is 4.74 Å². The molecule has 19 heavy (non-hydrogen) atoms. The van der Waals surface area contributed by atoms with Gasteiger partial charge < -0.3 is 9.84 Å². The normalized spacial score (nSPS) is 22.3. The van der Waals surface area contributed by atoms with Crippen molar-refractivity contribution in [3.63, 3.8) is 0 Å². The minimum atomic E-state index is 0.171. The summed E-state index contributed by atoms with van der Waals surface area (Å²) in [6.45, 7) is 9.84. The van der Waals surface area contributed by atoms with E-state index < -0.39 is 0 Å². The number of fused-ring (bicyclic) bond motifs is 2. The summed E-state index contributed by atoms with van der Waals surface area (Å²) in [6.07, 6.45) is 2.28. The molecule has 1 aromatic carbocycles. The molecule has 2 heterocycles. The number of piperidine rings is 1. The van der Waals surface area contributed by atoms with Crippen molar-refractivity contribution in [1.29, 1.82) is 0 Å². The fourth-order valence-corrected chi connectivity index (χ4v) is 3.38. The second kappa shape index (κ2) is 4.14. The van der Waals surface area contributed by atoms with Gasteiger partial charge in [-0.3, -0.25) is 4.90 Å². The number of phenols is 1. The lowest BCUT2D eigenvalue weighted by Gasteiger charge is -2.44. The molecule has 0 atom stereocenters. The van der Waals surface area contributed by atoms with E-state index in [2.05, 4.69) is 25.7 Å². The molecule has 0 aromatic heterocycles. The van der Waals surface area contributed by atoms with Crippen molar-refractivity contribution in [3.8, 4) is 11.5 Å². The molecule has 0 aliphatic carbocycles. The number of benzene rings is 1. The van der Waals surface area contributed by atoms with Crippen molar-refractivity contribution >= 4 is 0 Å². The molecule has 2 aliphatic heterocycles. The Hall–Kier alpha value is -1.22. The number of aromatic hydroxyl groups is 1. The second-order valence-corrected chi connectivity index (χ2v) is 6.91. The molecule has 1 spiro atoms. The smallest absolute Gasteiger partial charge is 0.126 e. The summed E-state index contributed by atoms with van der Waals surface area (Å²) >= 11 is 0. The Balaban J connectivity index is 1.82. The second-order valence-electron chi connectivity index (χ2n) is 6.91. The summed E-state index contributed by atoms with van der Waals surface area (Å²) in [4.78, 5) is 2.55. The number of hydrogen-bond donors (Lipinski definition) is 1. The van der Waals surface area contributed by atoms with Crippen LogP contribution in [0.1, 0.15) is 39.2 Å². The van der Waals surface area contributed by atoms with E-state index in [1.54, 1.807) is 12.1 Å². The molecule has 1 aromatic rings. The highest BCUT2D eigenvalue weighted by Crippen LogP contribution is 2.47. The van der Waals surface area contributed by atoms with Gasteiger partial charge in [0, 0.05) is 22.6 Å². The van der Waals surface area contributed by atoms with Crippen LogP contribution in [0, 0.1) is 0 Å². The van der Waals surface area contributed by atoms with Crippen LogP contribution in [0.25, 0.3) is 0 Å². The Morgan fingerprint density at radius 2 is 1.89 bits per heavy atom. The number of likely N-dealkylation sites (tertiary alicyclic amines) is 1. The van der Waals surface area contributed by atoms with Crippen LogP contribution in [0.2, 0.25) is 0 Å². The Morgan fingerprint density at radius 3 is 2.53 bits per heavy atom. The Labute approximate surface area is 115 Å². The number of hydrogen-bond acceptors (Lipinski definition) is 3. The van der Waals surface area contributed by atoms with E-state index in [1.165, 1.54) is 5.56 Å². The van der Waals surface area contributed by atoms with E-state index in [-0.39, 0.29) is 11.0 Å². The molecule has 0 unspecified atom stereocenters. The van der Waals surface area contributed by atoms with Crippen molar-refractivity contribution in [2.75, 3.05) is 19.7 Å². The highest BCUT2D eigenvalue weighted by molar-refractivity contribution is 5.48. The highest BCUT2D eigenvalue weighted by Gasteiger charge is 2.44. The van der Waals surface area contributed by atoms with Crippen LogP contribution in [0.15, 0.2) is 18.2 Å². The van der Waals surface area contributed by atoms with E-state index in [9.17, 15) is 5.11 Å². The number of ether oxygens (including phenoxy) is 1. The Morgan fingerprint density at radius 1 is 1.21 bits per heavy atom. The van der Waals surface area contributed by atoms with Crippen molar-refractivity contribution in [2.24, 2.45) is 0 Å². The molecule has 1 saturated heterocycles. The number of phenolic OH excluding ortho intramolecular Hbond substituents is 1. The van der Waals surface area contributed by atoms with Crippen LogP contribution in [0.5, 0.6) is 11.5 Å². The van der Waals surface area contributed by atoms with Gasteiger partial charge in [-0.2, -0.15) is 0 Å². The van der Waals surface area contributed by atoms with Gasteiger partial charge in [0.2, 0.25) is 0 Å². The molecule has 3 nitrogen and oxygen atoms in total. The summed E-state index contributed by atoms with van der Waals surface area (Å²) in [5.41, 5.74) is 1.71. The van der Waals surface area contributed by atoms with Gasteiger partial charge in [0.25, 0.3) is 0 Å². The predicted octanol–water partition coefficient (Wildman–Crippen LogP) is 2.92. The van der Waals surface area contributed by atoms with Crippen molar-refractivity contribution in [3.05, 3.63) is 23.8 Å². The maximum Gasteiger partial charge on any atom is 0.126 e. The van der Waals surface area contributed by atoms with E-state index in [0.717, 1.165) is 38.3 Å². The lowest BCUT2D eigenvalue weighted by Crippen LogP contribution is -2.50. The average molecular weight is 261 g/mol. The molecular weight excluding hydrogens is 238 g/mol. The third-order valence-electron chi connectivity index (χ3n) is 4.71. The molecule has 0 radical (unpaired) electrons. The van der Waals surface area contributed by atoms with Gasteiger partial charge in [-0.1, -0.05) is 6.07 Å². The third-order valence-corrected chi connectivity index (χ3v) is 4.71. The SMILES string of the molecule is CC(C)(C)N1CCC2(CC1)COc1cc(O)ccc12. The van der Waals surface area contributed by atoms with Gasteiger partial charge in [-0.05, 0) is 52.8 Å². The molecule has 3 heteroatoms. The first-order valence-electron chi connectivity index (χ1n) is 7.12. The first-order chi connectivity index (χ1) is 8.91. The Kier molecular flexibility index (Phi) is 2.79. The quantitative estimate of drug-likeness (QED) is 0.779. The average Bonchev–Trinajstić information content (AvgIpc) is 2.67. The molecule has 104 valence electrons. The summed E-state index contributed by atoms with van der Waals surface area (Å²) in [7, 11) is 0. The summed E-state index contributed by atoms with van der Waals surface area (Å²) in [5.74, 6) is 1.17. The lowest BCUT2D eigenvalue weighted by atomic mass is 9.74. The molecule has 1 fully saturated rings. The fourth-order valence-electron chi connectivity index (χ4n) is 3.38. The fraction of sp³-hybridized carbons (Fsp3) is 0.625. The Bertz CT molecular complexity index is 482. The number of nitrogens with zero attached hydrogens (tertiary/aromatic N) is 1. The van der Waals surface area contributed by atoms with Crippen LogP contribution in [-0.2, 0) is 5.41 Å². The van der Waals surface area contributed by atoms with Crippen LogP contribution in [0.3, 0.4) is 0 Å². The summed E-state index contributed by atoms with van der Waals surface area (Å²) in [5, 5.41) is 9.54. The molecule has 1 N–H and O–H groups in total. The van der Waals surface area contributed by atoms with Crippen LogP contribution >= 0.6 is 0 Å². The maximum absolute atomic E-state index is 9.54. The van der Waals surface area contributed by atoms with Gasteiger partial charge in [-0.15, -0.1) is 0 Å². The van der Waals surface area contributed by atoms with E-state index in [1.807, 2.05) is 6.07 Å². The summed E-state index contributed by atoms with van der Waals surface area (Å²) < 4.78 is 5.81. The lowest BCUT2D eigenvalue weighted by molar-refractivity contribution is 0.0659. The van der Waals surface area contributed by atoms with Crippen LogP contribution in [-0.4, -0.2) is 35.2 Å². The summed E-state index contributed by atoms with van der Waals surface area (Å²) in [6, 6.07) is 5.58. The van der Waals surface area contributed by atoms with Gasteiger partial charge >= 0.3 is 0 Å². The zero-order valence-electron chi connectivity index (χ0n) is 12.1. The molecule has 3 rings (SSSR count). The minimum Gasteiger partial charge on any atom is -0.508 e. The molecule has 0 saturated carbocycles. The molecular formula is C16H23NO2. The van der Waals surface area contributed by atoms with E-state index in [0.29, 0.717) is 5.75 Å². The van der Waals surface area contributed by atoms with E-state index >= 15 is 0 Å². The monoisotopic (exact) mass is 261 g/mol. The number of rotatable bonds is 0. The van der Waals surface area contributed by atoms with Gasteiger partial charge in [0.15, 0.2) is 0 Å². The molecule has 2 aliphatic rings. The zero-order chi connectivity index (χ0) is 13.7. The van der Waals surface area contributed by atoms with Gasteiger partial charge in [-0.25, -0.2) is 0 Å². The molecule has 0 bridgehead atoms. The van der Waals surface area contributed by atoms with Crippen LogP contribution in [0.4, 0.5) is 0 Å².